The molecule has 0 unspecified atom stereocenters. The first-order valence-electron chi connectivity index (χ1n) is 6.17. The number of benzene rings is 2. The topological polar surface area (TPSA) is 78.8 Å². The molecule has 0 bridgehead atoms. The van der Waals surface area contributed by atoms with E-state index in [0.717, 1.165) is 11.3 Å². The van der Waals surface area contributed by atoms with Crippen molar-refractivity contribution in [3.05, 3.63) is 47.5 Å². The standard InChI is InChI=1S/C14H12ClN5O/c1-21-13-8-10(16)4-7-12(13)14-17-18-19-20(14)11-5-2-9(15)3-6-11/h2-8H,16H2,1H3. The molecular weight excluding hydrogens is 290 g/mol. The second kappa shape index (κ2) is 5.41. The Bertz CT molecular complexity index is 769. The molecule has 3 aromatic rings. The first kappa shape index (κ1) is 13.4. The molecule has 106 valence electrons. The van der Waals surface area contributed by atoms with Crippen LogP contribution in [0.2, 0.25) is 5.02 Å². The Hall–Kier alpha value is -2.60. The summed E-state index contributed by atoms with van der Waals surface area (Å²) in [5.74, 6) is 1.18. The van der Waals surface area contributed by atoms with Crippen LogP contribution in [0, 0.1) is 0 Å². The van der Waals surface area contributed by atoms with Gasteiger partial charge in [-0.25, -0.2) is 0 Å². The summed E-state index contributed by atoms with van der Waals surface area (Å²) in [5.41, 5.74) is 7.94. The van der Waals surface area contributed by atoms with Gasteiger partial charge in [-0.15, -0.1) is 5.10 Å². The highest BCUT2D eigenvalue weighted by Crippen LogP contribution is 2.31. The Balaban J connectivity index is 2.13. The van der Waals surface area contributed by atoms with E-state index in [1.165, 1.54) is 0 Å². The smallest absolute Gasteiger partial charge is 0.190 e. The zero-order valence-electron chi connectivity index (χ0n) is 11.2. The van der Waals surface area contributed by atoms with E-state index in [4.69, 9.17) is 22.1 Å². The Morgan fingerprint density at radius 3 is 2.62 bits per heavy atom. The van der Waals surface area contributed by atoms with Gasteiger partial charge in [-0.05, 0) is 46.8 Å². The number of aromatic nitrogens is 4. The van der Waals surface area contributed by atoms with E-state index in [1.807, 2.05) is 18.2 Å². The average Bonchev–Trinajstić information content (AvgIpc) is 2.97. The van der Waals surface area contributed by atoms with Crippen LogP contribution in [0.1, 0.15) is 0 Å². The van der Waals surface area contributed by atoms with E-state index < -0.39 is 0 Å². The van der Waals surface area contributed by atoms with Gasteiger partial charge in [0, 0.05) is 16.8 Å². The number of anilines is 1. The number of rotatable bonds is 3. The highest BCUT2D eigenvalue weighted by atomic mass is 35.5. The van der Waals surface area contributed by atoms with Crippen molar-refractivity contribution >= 4 is 17.3 Å². The third-order valence-corrected chi connectivity index (χ3v) is 3.26. The van der Waals surface area contributed by atoms with Crippen LogP contribution in [0.25, 0.3) is 17.1 Å². The molecule has 0 saturated heterocycles. The summed E-state index contributed by atoms with van der Waals surface area (Å²) < 4.78 is 6.97. The predicted molar refractivity (Wildman–Crippen MR) is 80.6 cm³/mol. The Morgan fingerprint density at radius 1 is 1.14 bits per heavy atom. The van der Waals surface area contributed by atoms with Crippen LogP contribution in [0.5, 0.6) is 5.75 Å². The van der Waals surface area contributed by atoms with Gasteiger partial charge in [0.1, 0.15) is 5.75 Å². The fourth-order valence-electron chi connectivity index (χ4n) is 2.00. The molecule has 1 heterocycles. The number of methoxy groups -OCH3 is 1. The lowest BCUT2D eigenvalue weighted by atomic mass is 10.1. The maximum Gasteiger partial charge on any atom is 0.190 e. The van der Waals surface area contributed by atoms with Crippen LogP contribution >= 0.6 is 11.6 Å². The average molecular weight is 302 g/mol. The highest BCUT2D eigenvalue weighted by Gasteiger charge is 2.15. The summed E-state index contributed by atoms with van der Waals surface area (Å²) in [7, 11) is 1.58. The molecule has 6 nitrogen and oxygen atoms in total. The molecular formula is C14H12ClN5O. The van der Waals surface area contributed by atoms with Gasteiger partial charge in [0.25, 0.3) is 0 Å². The summed E-state index contributed by atoms with van der Waals surface area (Å²) in [4.78, 5) is 0. The molecule has 0 saturated carbocycles. The summed E-state index contributed by atoms with van der Waals surface area (Å²) in [6.45, 7) is 0. The fourth-order valence-corrected chi connectivity index (χ4v) is 2.13. The molecule has 1 aromatic heterocycles. The lowest BCUT2D eigenvalue weighted by Gasteiger charge is -2.09. The molecule has 0 radical (unpaired) electrons. The number of hydrogen-bond donors (Lipinski definition) is 1. The Labute approximate surface area is 126 Å². The van der Waals surface area contributed by atoms with Crippen LogP contribution in [-0.4, -0.2) is 27.3 Å². The van der Waals surface area contributed by atoms with E-state index in [0.29, 0.717) is 22.3 Å². The molecule has 0 amide bonds. The lowest BCUT2D eigenvalue weighted by molar-refractivity contribution is 0.416. The Morgan fingerprint density at radius 2 is 1.90 bits per heavy atom. The molecule has 0 fully saturated rings. The highest BCUT2D eigenvalue weighted by molar-refractivity contribution is 6.30. The molecule has 0 spiro atoms. The largest absolute Gasteiger partial charge is 0.496 e. The molecule has 0 aliphatic carbocycles. The molecule has 7 heteroatoms. The first-order chi connectivity index (χ1) is 10.2. The van der Waals surface area contributed by atoms with Gasteiger partial charge in [0.05, 0.1) is 18.4 Å². The van der Waals surface area contributed by atoms with E-state index in [1.54, 1.807) is 36.1 Å². The molecule has 2 N–H and O–H groups in total. The number of nitrogen functional groups attached to an aromatic ring is 1. The number of nitrogens with zero attached hydrogens (tertiary/aromatic N) is 4. The molecule has 21 heavy (non-hydrogen) atoms. The van der Waals surface area contributed by atoms with Crippen LogP contribution in [-0.2, 0) is 0 Å². The van der Waals surface area contributed by atoms with Gasteiger partial charge in [0.15, 0.2) is 5.82 Å². The van der Waals surface area contributed by atoms with Gasteiger partial charge in [0.2, 0.25) is 0 Å². The van der Waals surface area contributed by atoms with Gasteiger partial charge in [-0.3, -0.25) is 0 Å². The quantitative estimate of drug-likeness (QED) is 0.752. The van der Waals surface area contributed by atoms with Gasteiger partial charge < -0.3 is 10.5 Å². The predicted octanol–water partition coefficient (Wildman–Crippen LogP) is 2.57. The number of tetrazole rings is 1. The van der Waals surface area contributed by atoms with E-state index in [2.05, 4.69) is 15.5 Å². The number of nitrogens with two attached hydrogens (primary N) is 1. The van der Waals surface area contributed by atoms with Crippen molar-refractivity contribution in [3.63, 3.8) is 0 Å². The molecule has 0 aliphatic heterocycles. The van der Waals surface area contributed by atoms with E-state index in [-0.39, 0.29) is 0 Å². The van der Waals surface area contributed by atoms with Crippen LogP contribution in [0.4, 0.5) is 5.69 Å². The van der Waals surface area contributed by atoms with Crippen molar-refractivity contribution < 1.29 is 4.74 Å². The van der Waals surface area contributed by atoms with Crippen molar-refractivity contribution in [1.29, 1.82) is 0 Å². The molecule has 2 aromatic carbocycles. The lowest BCUT2D eigenvalue weighted by Crippen LogP contribution is -2.01. The summed E-state index contributed by atoms with van der Waals surface area (Å²) in [6, 6.07) is 12.6. The fraction of sp³-hybridized carbons (Fsp3) is 0.0714. The third kappa shape index (κ3) is 2.53. The second-order valence-corrected chi connectivity index (χ2v) is 4.79. The first-order valence-corrected chi connectivity index (χ1v) is 6.55. The summed E-state index contributed by atoms with van der Waals surface area (Å²) in [6.07, 6.45) is 0. The van der Waals surface area contributed by atoms with Crippen molar-refractivity contribution in [2.75, 3.05) is 12.8 Å². The molecule has 0 atom stereocenters. The minimum atomic E-state index is 0.564. The van der Waals surface area contributed by atoms with Gasteiger partial charge in [-0.2, -0.15) is 4.68 Å². The van der Waals surface area contributed by atoms with E-state index in [9.17, 15) is 0 Å². The summed E-state index contributed by atoms with van der Waals surface area (Å²) in [5, 5.41) is 12.5. The maximum atomic E-state index is 5.90. The zero-order valence-corrected chi connectivity index (χ0v) is 11.9. The molecule has 3 rings (SSSR count). The number of hydrogen-bond acceptors (Lipinski definition) is 5. The van der Waals surface area contributed by atoms with Crippen LogP contribution in [0.15, 0.2) is 42.5 Å². The van der Waals surface area contributed by atoms with Crippen molar-refractivity contribution in [3.8, 4) is 22.8 Å². The van der Waals surface area contributed by atoms with Crippen molar-refractivity contribution in [2.24, 2.45) is 0 Å². The van der Waals surface area contributed by atoms with Gasteiger partial charge in [-0.1, -0.05) is 11.6 Å². The van der Waals surface area contributed by atoms with Crippen molar-refractivity contribution in [1.82, 2.24) is 20.2 Å². The SMILES string of the molecule is COc1cc(N)ccc1-c1nnnn1-c1ccc(Cl)cc1. The normalized spacial score (nSPS) is 10.6. The van der Waals surface area contributed by atoms with Crippen LogP contribution < -0.4 is 10.5 Å². The monoisotopic (exact) mass is 301 g/mol. The third-order valence-electron chi connectivity index (χ3n) is 3.01. The van der Waals surface area contributed by atoms with Gasteiger partial charge >= 0.3 is 0 Å². The molecule has 0 aliphatic rings. The maximum absolute atomic E-state index is 5.90. The minimum absolute atomic E-state index is 0.564. The minimum Gasteiger partial charge on any atom is -0.496 e. The zero-order chi connectivity index (χ0) is 14.8. The van der Waals surface area contributed by atoms with Crippen LogP contribution in [0.3, 0.4) is 0 Å². The second-order valence-electron chi connectivity index (χ2n) is 4.35. The van der Waals surface area contributed by atoms with Crippen molar-refractivity contribution in [2.45, 2.75) is 0 Å². The number of halogens is 1. The van der Waals surface area contributed by atoms with E-state index >= 15 is 0 Å². The number of ether oxygens (including phenoxy) is 1. The Kier molecular flexibility index (Phi) is 3.45. The summed E-state index contributed by atoms with van der Waals surface area (Å²) >= 11 is 5.90.